The van der Waals surface area contributed by atoms with Crippen LogP contribution in [0.15, 0.2) is 48.2 Å². The standard InChI is InChI=1S/C18H13FN2O3S/c19-12-5-1-2-6-14(12)21-17(22)13(20-18(21)25)10-11-4-3-7-15-16(11)24-9-8-23-15/h1-7,10H,8-9H2,(H,20,25)/b13-10-. The van der Waals surface area contributed by atoms with E-state index in [1.54, 1.807) is 24.3 Å². The number of carbonyl (C=O) groups excluding carboxylic acids is 1. The van der Waals surface area contributed by atoms with Gasteiger partial charge in [0.15, 0.2) is 16.6 Å². The molecule has 126 valence electrons. The van der Waals surface area contributed by atoms with Crippen LogP contribution in [0.5, 0.6) is 11.5 Å². The SMILES string of the molecule is O=C1/C(=C/c2cccc3c2OCCO3)NC(=S)N1c1ccccc1F. The van der Waals surface area contributed by atoms with Crippen LogP contribution in [0.1, 0.15) is 5.56 Å². The third-order valence-corrected chi connectivity index (χ3v) is 4.15. The van der Waals surface area contributed by atoms with E-state index in [1.807, 2.05) is 12.1 Å². The average Bonchev–Trinajstić information content (AvgIpc) is 2.90. The Balaban J connectivity index is 1.71. The molecule has 25 heavy (non-hydrogen) atoms. The molecule has 5 nitrogen and oxygen atoms in total. The van der Waals surface area contributed by atoms with Gasteiger partial charge in [0.2, 0.25) is 0 Å². The van der Waals surface area contributed by atoms with E-state index in [0.29, 0.717) is 30.3 Å². The number of hydrogen-bond acceptors (Lipinski definition) is 4. The molecule has 1 amide bonds. The quantitative estimate of drug-likeness (QED) is 0.662. The van der Waals surface area contributed by atoms with Gasteiger partial charge in [-0.05, 0) is 36.5 Å². The number of thiocarbonyl (C=S) groups is 1. The van der Waals surface area contributed by atoms with Gasteiger partial charge >= 0.3 is 0 Å². The molecule has 4 rings (SSSR count). The number of amides is 1. The Kier molecular flexibility index (Phi) is 3.85. The Morgan fingerprint density at radius 2 is 1.92 bits per heavy atom. The van der Waals surface area contributed by atoms with Gasteiger partial charge in [-0.2, -0.15) is 0 Å². The lowest BCUT2D eigenvalue weighted by molar-refractivity contribution is -0.113. The smallest absolute Gasteiger partial charge is 0.281 e. The fraction of sp³-hybridized carbons (Fsp3) is 0.111. The molecule has 2 aliphatic rings. The molecule has 2 aliphatic heterocycles. The van der Waals surface area contributed by atoms with Gasteiger partial charge in [-0.25, -0.2) is 9.29 Å². The van der Waals surface area contributed by atoms with Gasteiger partial charge in [-0.15, -0.1) is 0 Å². The first-order chi connectivity index (χ1) is 12.1. The van der Waals surface area contributed by atoms with E-state index in [4.69, 9.17) is 21.7 Å². The molecular weight excluding hydrogens is 343 g/mol. The summed E-state index contributed by atoms with van der Waals surface area (Å²) in [6.07, 6.45) is 1.63. The second-order valence-electron chi connectivity index (χ2n) is 5.45. The summed E-state index contributed by atoms with van der Waals surface area (Å²) in [6, 6.07) is 11.4. The van der Waals surface area contributed by atoms with Crippen LogP contribution in [-0.2, 0) is 4.79 Å². The Morgan fingerprint density at radius 3 is 2.76 bits per heavy atom. The third-order valence-electron chi connectivity index (χ3n) is 3.87. The molecule has 0 aliphatic carbocycles. The minimum Gasteiger partial charge on any atom is -0.486 e. The molecule has 2 aromatic carbocycles. The summed E-state index contributed by atoms with van der Waals surface area (Å²) in [5.74, 6) is 0.255. The molecular formula is C18H13FN2O3S. The van der Waals surface area contributed by atoms with Gasteiger partial charge in [0, 0.05) is 5.56 Å². The van der Waals surface area contributed by atoms with Gasteiger partial charge in [0.05, 0.1) is 5.69 Å². The molecule has 7 heteroatoms. The Morgan fingerprint density at radius 1 is 1.12 bits per heavy atom. The van der Waals surface area contributed by atoms with Crippen molar-refractivity contribution in [2.24, 2.45) is 0 Å². The maximum atomic E-state index is 14.0. The van der Waals surface area contributed by atoms with Crippen molar-refractivity contribution in [1.82, 2.24) is 5.32 Å². The molecule has 0 bridgehead atoms. The van der Waals surface area contributed by atoms with Gasteiger partial charge in [-0.1, -0.05) is 24.3 Å². The highest BCUT2D eigenvalue weighted by atomic mass is 32.1. The first-order valence-corrected chi connectivity index (χ1v) is 8.06. The lowest BCUT2D eigenvalue weighted by Gasteiger charge is -2.19. The van der Waals surface area contributed by atoms with Crippen LogP contribution in [0.25, 0.3) is 6.08 Å². The number of rotatable bonds is 2. The van der Waals surface area contributed by atoms with Crippen LogP contribution in [0.4, 0.5) is 10.1 Å². The highest BCUT2D eigenvalue weighted by Gasteiger charge is 2.33. The summed E-state index contributed by atoms with van der Waals surface area (Å²) in [5.41, 5.74) is 1.05. The molecule has 1 N–H and O–H groups in total. The predicted octanol–water partition coefficient (Wildman–Crippen LogP) is 2.86. The topological polar surface area (TPSA) is 50.8 Å². The lowest BCUT2D eigenvalue weighted by atomic mass is 10.1. The van der Waals surface area contributed by atoms with E-state index in [2.05, 4.69) is 5.32 Å². The molecule has 0 atom stereocenters. The fourth-order valence-electron chi connectivity index (χ4n) is 2.75. The number of halogens is 1. The minimum atomic E-state index is -0.518. The van der Waals surface area contributed by atoms with E-state index in [0.717, 1.165) is 4.90 Å². The summed E-state index contributed by atoms with van der Waals surface area (Å²) in [5, 5.41) is 2.97. The highest BCUT2D eigenvalue weighted by molar-refractivity contribution is 7.80. The monoisotopic (exact) mass is 356 g/mol. The van der Waals surface area contributed by atoms with Gasteiger partial charge in [-0.3, -0.25) is 4.79 Å². The lowest BCUT2D eigenvalue weighted by Crippen LogP contribution is -2.31. The van der Waals surface area contributed by atoms with Crippen molar-refractivity contribution in [3.63, 3.8) is 0 Å². The third kappa shape index (κ3) is 2.72. The van der Waals surface area contributed by atoms with Gasteiger partial charge in [0.1, 0.15) is 24.7 Å². The summed E-state index contributed by atoms with van der Waals surface area (Å²) in [4.78, 5) is 13.9. The number of anilines is 1. The first kappa shape index (κ1) is 15.6. The van der Waals surface area contributed by atoms with Crippen LogP contribution in [0, 0.1) is 5.82 Å². The van der Waals surface area contributed by atoms with Gasteiger partial charge < -0.3 is 14.8 Å². The average molecular weight is 356 g/mol. The van der Waals surface area contributed by atoms with Crippen molar-refractivity contribution in [3.8, 4) is 11.5 Å². The van der Waals surface area contributed by atoms with Crippen molar-refractivity contribution in [2.45, 2.75) is 0 Å². The van der Waals surface area contributed by atoms with Gasteiger partial charge in [0.25, 0.3) is 5.91 Å². The molecule has 0 saturated carbocycles. The van der Waals surface area contributed by atoms with E-state index < -0.39 is 11.7 Å². The zero-order valence-electron chi connectivity index (χ0n) is 13.0. The molecule has 0 radical (unpaired) electrons. The Bertz CT molecular complexity index is 913. The number of fused-ring (bicyclic) bond motifs is 1. The normalized spacial score (nSPS) is 17.8. The minimum absolute atomic E-state index is 0.114. The zero-order chi connectivity index (χ0) is 17.4. The molecule has 0 spiro atoms. The van der Waals surface area contributed by atoms with E-state index in [9.17, 15) is 9.18 Å². The summed E-state index contributed by atoms with van der Waals surface area (Å²) in [7, 11) is 0. The molecule has 2 aromatic rings. The number of carbonyl (C=O) groups is 1. The molecule has 1 saturated heterocycles. The molecule has 0 aromatic heterocycles. The van der Waals surface area contributed by atoms with E-state index in [1.165, 1.54) is 12.1 Å². The number of para-hydroxylation sites is 2. The summed E-state index contributed by atoms with van der Waals surface area (Å²) in [6.45, 7) is 0.920. The van der Waals surface area contributed by atoms with Crippen LogP contribution < -0.4 is 19.7 Å². The van der Waals surface area contributed by atoms with E-state index in [-0.39, 0.29) is 16.5 Å². The number of benzene rings is 2. The number of hydrogen-bond donors (Lipinski definition) is 1. The fourth-order valence-corrected chi connectivity index (χ4v) is 3.04. The Hall–Kier alpha value is -2.93. The maximum Gasteiger partial charge on any atom is 0.281 e. The second-order valence-corrected chi connectivity index (χ2v) is 5.84. The van der Waals surface area contributed by atoms with Crippen LogP contribution >= 0.6 is 12.2 Å². The Labute approximate surface area is 148 Å². The van der Waals surface area contributed by atoms with Crippen LogP contribution in [0.2, 0.25) is 0 Å². The zero-order valence-corrected chi connectivity index (χ0v) is 13.8. The van der Waals surface area contributed by atoms with Crippen LogP contribution in [0.3, 0.4) is 0 Å². The number of nitrogens with one attached hydrogen (secondary N) is 1. The van der Waals surface area contributed by atoms with Crippen molar-refractivity contribution in [3.05, 3.63) is 59.5 Å². The van der Waals surface area contributed by atoms with Crippen LogP contribution in [-0.4, -0.2) is 24.2 Å². The number of nitrogens with zero attached hydrogens (tertiary/aromatic N) is 1. The molecule has 0 unspecified atom stereocenters. The number of ether oxygens (including phenoxy) is 2. The first-order valence-electron chi connectivity index (χ1n) is 7.65. The van der Waals surface area contributed by atoms with Crippen molar-refractivity contribution in [2.75, 3.05) is 18.1 Å². The second kappa shape index (κ2) is 6.18. The largest absolute Gasteiger partial charge is 0.486 e. The summed E-state index contributed by atoms with van der Waals surface area (Å²) < 4.78 is 25.2. The van der Waals surface area contributed by atoms with Crippen molar-refractivity contribution in [1.29, 1.82) is 0 Å². The molecule has 1 fully saturated rings. The molecule has 2 heterocycles. The van der Waals surface area contributed by atoms with Crippen molar-refractivity contribution >= 4 is 35.0 Å². The summed E-state index contributed by atoms with van der Waals surface area (Å²) >= 11 is 5.20. The predicted molar refractivity (Wildman–Crippen MR) is 95.0 cm³/mol. The van der Waals surface area contributed by atoms with E-state index >= 15 is 0 Å². The van der Waals surface area contributed by atoms with Crippen molar-refractivity contribution < 1.29 is 18.7 Å². The maximum absolute atomic E-state index is 14.0. The highest BCUT2D eigenvalue weighted by Crippen LogP contribution is 2.35.